The van der Waals surface area contributed by atoms with Crippen LogP contribution in [0.2, 0.25) is 0 Å². The molecule has 0 rings (SSSR count). The van der Waals surface area contributed by atoms with Crippen LogP contribution in [0.5, 0.6) is 0 Å². The number of carbonyl (C=O) groups is 2. The highest BCUT2D eigenvalue weighted by Gasteiger charge is 2.19. The van der Waals surface area contributed by atoms with E-state index >= 15 is 0 Å². The molecule has 1 atom stereocenters. The molecule has 1 unspecified atom stereocenters. The minimum Gasteiger partial charge on any atom is -0.481 e. The Balaban J connectivity index is 4.11. The number of hydrogen-bond donors (Lipinski definition) is 1. The van der Waals surface area contributed by atoms with E-state index in [1.165, 1.54) is 4.90 Å². The molecule has 0 aromatic rings. The summed E-state index contributed by atoms with van der Waals surface area (Å²) in [6.45, 7) is 2.50. The molecular formula is C10H20N2O3S. The van der Waals surface area contributed by atoms with Crippen molar-refractivity contribution in [2.45, 2.75) is 6.92 Å². The van der Waals surface area contributed by atoms with Crippen LogP contribution in [-0.4, -0.2) is 66.1 Å². The largest absolute Gasteiger partial charge is 0.481 e. The summed E-state index contributed by atoms with van der Waals surface area (Å²) >= 11 is 1.67. The summed E-state index contributed by atoms with van der Waals surface area (Å²) in [6.07, 6.45) is 1.98. The van der Waals surface area contributed by atoms with E-state index in [1.807, 2.05) is 6.26 Å². The summed E-state index contributed by atoms with van der Waals surface area (Å²) in [7, 11) is 3.35. The first-order chi connectivity index (χ1) is 7.40. The Morgan fingerprint density at radius 2 is 1.88 bits per heavy atom. The maximum Gasteiger partial charge on any atom is 0.319 e. The Hall–Kier alpha value is -0.910. The van der Waals surface area contributed by atoms with Crippen LogP contribution in [0.15, 0.2) is 0 Å². The molecule has 0 aliphatic carbocycles. The van der Waals surface area contributed by atoms with Gasteiger partial charge in [-0.15, -0.1) is 0 Å². The van der Waals surface area contributed by atoms with Gasteiger partial charge in [0.25, 0.3) is 0 Å². The molecule has 0 fully saturated rings. The van der Waals surface area contributed by atoms with E-state index in [2.05, 4.69) is 0 Å². The zero-order chi connectivity index (χ0) is 12.7. The normalized spacial score (nSPS) is 12.0. The molecule has 0 aliphatic heterocycles. The molecule has 0 radical (unpaired) electrons. The van der Waals surface area contributed by atoms with Crippen molar-refractivity contribution in [3.8, 4) is 0 Å². The highest BCUT2D eigenvalue weighted by atomic mass is 32.2. The van der Waals surface area contributed by atoms with Crippen LogP contribution in [0, 0.1) is 5.92 Å². The average molecular weight is 248 g/mol. The van der Waals surface area contributed by atoms with E-state index in [9.17, 15) is 9.59 Å². The number of aliphatic carboxylic acids is 1. The lowest BCUT2D eigenvalue weighted by molar-refractivity contribution is -0.141. The Bertz CT molecular complexity index is 248. The van der Waals surface area contributed by atoms with Crippen molar-refractivity contribution in [3.05, 3.63) is 0 Å². The van der Waals surface area contributed by atoms with Gasteiger partial charge in [-0.1, -0.05) is 6.92 Å². The second-order valence-electron chi connectivity index (χ2n) is 3.82. The molecule has 0 heterocycles. The molecule has 1 N–H and O–H groups in total. The maximum atomic E-state index is 11.8. The fourth-order valence-electron chi connectivity index (χ4n) is 1.18. The van der Waals surface area contributed by atoms with Gasteiger partial charge >= 0.3 is 12.0 Å². The van der Waals surface area contributed by atoms with Crippen molar-refractivity contribution in [2.24, 2.45) is 5.92 Å². The molecule has 0 saturated heterocycles. The number of nitrogens with zero attached hydrogens (tertiary/aromatic N) is 2. The number of amides is 2. The molecule has 6 heteroatoms. The van der Waals surface area contributed by atoms with Crippen LogP contribution < -0.4 is 0 Å². The van der Waals surface area contributed by atoms with Gasteiger partial charge in [-0.05, 0) is 6.26 Å². The summed E-state index contributed by atoms with van der Waals surface area (Å²) < 4.78 is 0. The Morgan fingerprint density at radius 3 is 2.31 bits per heavy atom. The first-order valence-electron chi connectivity index (χ1n) is 5.08. The maximum absolute atomic E-state index is 11.8. The Kier molecular flexibility index (Phi) is 6.96. The lowest BCUT2D eigenvalue weighted by Gasteiger charge is -2.25. The SMILES string of the molecule is CSCCN(C)C(=O)N(C)CC(C)C(=O)O. The number of rotatable bonds is 6. The third-order valence-electron chi connectivity index (χ3n) is 2.25. The smallest absolute Gasteiger partial charge is 0.319 e. The summed E-state index contributed by atoms with van der Waals surface area (Å²) in [6, 6.07) is -0.137. The Morgan fingerprint density at radius 1 is 1.31 bits per heavy atom. The van der Waals surface area contributed by atoms with Crippen molar-refractivity contribution in [1.82, 2.24) is 9.80 Å². The Labute approximate surface area is 101 Å². The van der Waals surface area contributed by atoms with E-state index < -0.39 is 11.9 Å². The van der Waals surface area contributed by atoms with Crippen LogP contribution >= 0.6 is 11.8 Å². The lowest BCUT2D eigenvalue weighted by atomic mass is 10.2. The molecule has 5 nitrogen and oxygen atoms in total. The van der Waals surface area contributed by atoms with Crippen molar-refractivity contribution in [3.63, 3.8) is 0 Å². The predicted molar refractivity (Wildman–Crippen MR) is 65.8 cm³/mol. The molecule has 0 spiro atoms. The van der Waals surface area contributed by atoms with E-state index in [1.54, 1.807) is 37.7 Å². The molecule has 0 aromatic carbocycles. The quantitative estimate of drug-likeness (QED) is 0.763. The van der Waals surface area contributed by atoms with E-state index in [0.717, 1.165) is 5.75 Å². The minimum absolute atomic E-state index is 0.137. The predicted octanol–water partition coefficient (Wildman–Crippen LogP) is 1.05. The van der Waals surface area contributed by atoms with Crippen molar-refractivity contribution >= 4 is 23.8 Å². The highest BCUT2D eigenvalue weighted by Crippen LogP contribution is 2.02. The van der Waals surface area contributed by atoms with Crippen LogP contribution in [0.1, 0.15) is 6.92 Å². The van der Waals surface area contributed by atoms with Gasteiger partial charge in [0, 0.05) is 32.9 Å². The van der Waals surface area contributed by atoms with Crippen LogP contribution in [0.4, 0.5) is 4.79 Å². The molecule has 0 bridgehead atoms. The third kappa shape index (κ3) is 5.25. The molecule has 0 saturated carbocycles. The topological polar surface area (TPSA) is 60.9 Å². The molecule has 94 valence electrons. The van der Waals surface area contributed by atoms with Gasteiger partial charge in [-0.2, -0.15) is 11.8 Å². The van der Waals surface area contributed by atoms with Gasteiger partial charge in [0.1, 0.15) is 0 Å². The number of thioether (sulfide) groups is 1. The van der Waals surface area contributed by atoms with E-state index in [0.29, 0.717) is 6.54 Å². The van der Waals surface area contributed by atoms with Crippen molar-refractivity contribution in [1.29, 1.82) is 0 Å². The van der Waals surface area contributed by atoms with Gasteiger partial charge in [-0.25, -0.2) is 4.79 Å². The van der Waals surface area contributed by atoms with E-state index in [-0.39, 0.29) is 12.6 Å². The van der Waals surface area contributed by atoms with Gasteiger partial charge in [0.2, 0.25) is 0 Å². The van der Waals surface area contributed by atoms with Crippen molar-refractivity contribution < 1.29 is 14.7 Å². The zero-order valence-corrected chi connectivity index (χ0v) is 11.1. The summed E-state index contributed by atoms with van der Waals surface area (Å²) in [4.78, 5) is 25.4. The van der Waals surface area contributed by atoms with Gasteiger partial charge < -0.3 is 14.9 Å². The fraction of sp³-hybridized carbons (Fsp3) is 0.800. The highest BCUT2D eigenvalue weighted by molar-refractivity contribution is 7.98. The second kappa shape index (κ2) is 7.38. The monoisotopic (exact) mass is 248 g/mol. The number of carboxylic acid groups (broad SMARTS) is 1. The van der Waals surface area contributed by atoms with Gasteiger partial charge in [0.05, 0.1) is 5.92 Å². The average Bonchev–Trinajstić information content (AvgIpc) is 2.24. The minimum atomic E-state index is -0.883. The summed E-state index contributed by atoms with van der Waals surface area (Å²) in [5, 5.41) is 8.74. The second-order valence-corrected chi connectivity index (χ2v) is 4.80. The number of carbonyl (C=O) groups excluding carboxylic acids is 1. The third-order valence-corrected chi connectivity index (χ3v) is 2.84. The zero-order valence-electron chi connectivity index (χ0n) is 10.3. The number of carboxylic acids is 1. The van der Waals surface area contributed by atoms with Crippen LogP contribution in [0.25, 0.3) is 0 Å². The van der Waals surface area contributed by atoms with Gasteiger partial charge in [0.15, 0.2) is 0 Å². The van der Waals surface area contributed by atoms with Crippen LogP contribution in [-0.2, 0) is 4.79 Å². The van der Waals surface area contributed by atoms with Gasteiger partial charge in [-0.3, -0.25) is 4.79 Å². The molecule has 0 aromatic heterocycles. The summed E-state index contributed by atoms with van der Waals surface area (Å²) in [5.74, 6) is -0.542. The molecule has 2 amide bonds. The first kappa shape index (κ1) is 15.1. The fourth-order valence-corrected chi connectivity index (χ4v) is 1.64. The van der Waals surface area contributed by atoms with Crippen molar-refractivity contribution in [2.75, 3.05) is 39.2 Å². The lowest BCUT2D eigenvalue weighted by Crippen LogP contribution is -2.42. The molecule has 16 heavy (non-hydrogen) atoms. The molecule has 0 aliphatic rings. The van der Waals surface area contributed by atoms with Crippen LogP contribution in [0.3, 0.4) is 0 Å². The van der Waals surface area contributed by atoms with E-state index in [4.69, 9.17) is 5.11 Å². The molecular weight excluding hydrogens is 228 g/mol. The first-order valence-corrected chi connectivity index (χ1v) is 6.47. The summed E-state index contributed by atoms with van der Waals surface area (Å²) in [5.41, 5.74) is 0. The standard InChI is InChI=1S/C10H20N2O3S/c1-8(9(13)14)7-12(3)10(15)11(2)5-6-16-4/h8H,5-7H2,1-4H3,(H,13,14). The number of hydrogen-bond acceptors (Lipinski definition) is 3. The number of urea groups is 1.